The van der Waals surface area contributed by atoms with E-state index in [1.165, 1.54) is 7.11 Å². The van der Waals surface area contributed by atoms with E-state index in [4.69, 9.17) is 14.2 Å². The Balaban J connectivity index is 1.44. The van der Waals surface area contributed by atoms with E-state index in [2.05, 4.69) is 37.0 Å². The summed E-state index contributed by atoms with van der Waals surface area (Å²) in [4.78, 5) is 14.8. The van der Waals surface area contributed by atoms with E-state index in [1.807, 2.05) is 0 Å². The number of aliphatic hydroxyl groups is 2. The number of rotatable bonds is 4. The van der Waals surface area contributed by atoms with Crippen molar-refractivity contribution in [3.63, 3.8) is 0 Å². The summed E-state index contributed by atoms with van der Waals surface area (Å²) in [5, 5.41) is 21.1. The molecule has 5 rings (SSSR count). The molecule has 186 valence electrons. The van der Waals surface area contributed by atoms with Crippen molar-refractivity contribution in [1.82, 2.24) is 4.90 Å². The van der Waals surface area contributed by atoms with E-state index in [9.17, 15) is 15.0 Å². The Morgan fingerprint density at radius 1 is 1.26 bits per heavy atom. The van der Waals surface area contributed by atoms with Gasteiger partial charge in [-0.3, -0.25) is 4.90 Å². The first-order chi connectivity index (χ1) is 16.4. The third kappa shape index (κ3) is 3.91. The number of aliphatic hydroxyl groups excluding tert-OH is 2. The smallest absolute Gasteiger partial charge is 0.345 e. The Labute approximate surface area is 201 Å². The van der Waals surface area contributed by atoms with Gasteiger partial charge in [-0.15, -0.1) is 0 Å². The van der Waals surface area contributed by atoms with Crippen LogP contribution in [0.4, 0.5) is 0 Å². The summed E-state index contributed by atoms with van der Waals surface area (Å²) in [7, 11) is 1.47. The summed E-state index contributed by atoms with van der Waals surface area (Å²) < 4.78 is 17.3. The normalized spacial score (nSPS) is 39.1. The number of ether oxygens (including phenoxy) is 3. The van der Waals surface area contributed by atoms with Crippen molar-refractivity contribution in [1.29, 1.82) is 0 Å². The fourth-order valence-corrected chi connectivity index (χ4v) is 6.81. The van der Waals surface area contributed by atoms with Crippen LogP contribution in [0.3, 0.4) is 0 Å². The molecule has 7 atom stereocenters. The molecular weight excluding hydrogens is 434 g/mol. The molecule has 4 heterocycles. The van der Waals surface area contributed by atoms with Crippen LogP contribution < -0.4 is 0 Å². The van der Waals surface area contributed by atoms with E-state index in [-0.39, 0.29) is 47.3 Å². The van der Waals surface area contributed by atoms with Crippen molar-refractivity contribution >= 4 is 5.97 Å². The van der Waals surface area contributed by atoms with Gasteiger partial charge in [0, 0.05) is 36.4 Å². The van der Waals surface area contributed by atoms with E-state index < -0.39 is 12.6 Å². The lowest BCUT2D eigenvalue weighted by Crippen LogP contribution is -2.56. The molecule has 0 spiro atoms. The summed E-state index contributed by atoms with van der Waals surface area (Å²) in [6, 6.07) is 0.389. The first kappa shape index (κ1) is 23.6. The molecule has 0 aromatic carbocycles. The highest BCUT2D eigenvalue weighted by Crippen LogP contribution is 2.49. The Morgan fingerprint density at radius 2 is 2.09 bits per heavy atom. The van der Waals surface area contributed by atoms with Gasteiger partial charge in [-0.1, -0.05) is 32.4 Å². The zero-order valence-corrected chi connectivity index (χ0v) is 20.4. The molecule has 0 aromatic heterocycles. The minimum absolute atomic E-state index is 0.0201. The minimum Gasteiger partial charge on any atom is -0.492 e. The number of carbonyl (C=O) groups excluding carboxylic acids is 1. The highest BCUT2D eigenvalue weighted by atomic mass is 16.6. The fourth-order valence-electron chi connectivity index (χ4n) is 6.81. The quantitative estimate of drug-likeness (QED) is 0.480. The molecule has 2 N–H and O–H groups in total. The number of carbonyl (C=O) groups is 1. The number of cyclic esters (lactones) is 1. The van der Waals surface area contributed by atoms with Crippen LogP contribution in [-0.2, 0) is 19.0 Å². The summed E-state index contributed by atoms with van der Waals surface area (Å²) in [5.41, 5.74) is 0.124. The van der Waals surface area contributed by atoms with Gasteiger partial charge >= 0.3 is 5.97 Å². The molecule has 0 saturated carbocycles. The lowest BCUT2D eigenvalue weighted by Gasteiger charge is -2.47. The van der Waals surface area contributed by atoms with Gasteiger partial charge in [0.25, 0.3) is 0 Å². The Morgan fingerprint density at radius 3 is 2.82 bits per heavy atom. The summed E-state index contributed by atoms with van der Waals surface area (Å²) in [5.74, 6) is 2.41. The monoisotopic (exact) mass is 471 g/mol. The molecule has 7 heteroatoms. The van der Waals surface area contributed by atoms with Gasteiger partial charge < -0.3 is 24.4 Å². The molecule has 4 aliphatic heterocycles. The molecule has 1 aliphatic carbocycles. The number of methoxy groups -OCH3 is 1. The Hall–Kier alpha value is -2.09. The van der Waals surface area contributed by atoms with Gasteiger partial charge in [0.1, 0.15) is 11.3 Å². The minimum atomic E-state index is -0.587. The van der Waals surface area contributed by atoms with Crippen LogP contribution >= 0.6 is 0 Å². The Bertz CT molecular complexity index is 949. The SMILES string of the molecule is COC1=C(CO)C(=O)O/C1=C1/OC2=CCCN3[C@H]([C@@H](O)[C@@H]4C=CC[C@@H](C)C4)CCC[C@H]3[C@H]2[C@@H]1C. The topological polar surface area (TPSA) is 88.5 Å². The van der Waals surface area contributed by atoms with E-state index in [1.54, 1.807) is 0 Å². The third-order valence-corrected chi connectivity index (χ3v) is 8.44. The molecule has 2 fully saturated rings. The van der Waals surface area contributed by atoms with E-state index >= 15 is 0 Å². The number of fused-ring (bicyclic) bond motifs is 3. The second kappa shape index (κ2) is 9.51. The van der Waals surface area contributed by atoms with Crippen molar-refractivity contribution < 1.29 is 29.2 Å². The highest BCUT2D eigenvalue weighted by Gasteiger charge is 2.50. The zero-order valence-electron chi connectivity index (χ0n) is 20.4. The van der Waals surface area contributed by atoms with Crippen molar-refractivity contribution in [2.75, 3.05) is 20.3 Å². The van der Waals surface area contributed by atoms with Gasteiger partial charge in [0.2, 0.25) is 5.76 Å². The van der Waals surface area contributed by atoms with E-state index in [0.29, 0.717) is 17.4 Å². The van der Waals surface area contributed by atoms with Crippen molar-refractivity contribution in [3.05, 3.63) is 46.8 Å². The molecule has 7 nitrogen and oxygen atoms in total. The average molecular weight is 472 g/mol. The maximum Gasteiger partial charge on any atom is 0.345 e. The fraction of sp³-hybridized carbons (Fsp3) is 0.667. The number of hydrogen-bond donors (Lipinski definition) is 2. The van der Waals surface area contributed by atoms with Crippen molar-refractivity contribution in [2.24, 2.45) is 23.7 Å². The summed E-state index contributed by atoms with van der Waals surface area (Å²) in [6.07, 6.45) is 12.4. The molecule has 0 amide bonds. The molecule has 34 heavy (non-hydrogen) atoms. The lowest BCUT2D eigenvalue weighted by molar-refractivity contribution is -0.133. The van der Waals surface area contributed by atoms with Crippen LogP contribution in [-0.4, -0.2) is 59.5 Å². The maximum absolute atomic E-state index is 12.3. The lowest BCUT2D eigenvalue weighted by atomic mass is 9.76. The predicted octanol–water partition coefficient (Wildman–Crippen LogP) is 3.40. The third-order valence-electron chi connectivity index (χ3n) is 8.44. The first-order valence-electron chi connectivity index (χ1n) is 12.8. The van der Waals surface area contributed by atoms with Gasteiger partial charge in [-0.05, 0) is 44.1 Å². The molecule has 5 aliphatic rings. The molecular formula is C27H37NO6. The Kier molecular flexibility index (Phi) is 6.62. The molecule has 0 aromatic rings. The van der Waals surface area contributed by atoms with Crippen LogP contribution in [0, 0.1) is 23.7 Å². The highest BCUT2D eigenvalue weighted by molar-refractivity contribution is 5.94. The summed E-state index contributed by atoms with van der Waals surface area (Å²) in [6.45, 7) is 4.85. The van der Waals surface area contributed by atoms with Crippen molar-refractivity contribution in [3.8, 4) is 0 Å². The first-order valence-corrected chi connectivity index (χ1v) is 12.8. The van der Waals surface area contributed by atoms with E-state index in [0.717, 1.165) is 50.8 Å². The predicted molar refractivity (Wildman–Crippen MR) is 126 cm³/mol. The zero-order chi connectivity index (χ0) is 24.0. The summed E-state index contributed by atoms with van der Waals surface area (Å²) >= 11 is 0. The number of allylic oxidation sites excluding steroid dienone is 2. The van der Waals surface area contributed by atoms with Gasteiger partial charge in [0.15, 0.2) is 11.5 Å². The number of nitrogens with zero attached hydrogens (tertiary/aromatic N) is 1. The maximum atomic E-state index is 12.3. The molecule has 0 radical (unpaired) electrons. The number of piperidine rings is 1. The number of esters is 1. The molecule has 0 unspecified atom stereocenters. The second-order valence-corrected chi connectivity index (χ2v) is 10.5. The van der Waals surface area contributed by atoms with Gasteiger partial charge in [-0.25, -0.2) is 4.79 Å². The van der Waals surface area contributed by atoms with Crippen LogP contribution in [0.25, 0.3) is 0 Å². The van der Waals surface area contributed by atoms with Crippen LogP contribution in [0.1, 0.15) is 52.4 Å². The van der Waals surface area contributed by atoms with Gasteiger partial charge in [0.05, 0.1) is 19.8 Å². The molecule has 2 saturated heterocycles. The van der Waals surface area contributed by atoms with Crippen molar-refractivity contribution in [2.45, 2.75) is 70.6 Å². The van der Waals surface area contributed by atoms with Gasteiger partial charge in [-0.2, -0.15) is 0 Å². The number of hydrogen-bond acceptors (Lipinski definition) is 7. The largest absolute Gasteiger partial charge is 0.492 e. The van der Waals surface area contributed by atoms with Crippen LogP contribution in [0.15, 0.2) is 46.8 Å². The van der Waals surface area contributed by atoms with Crippen LogP contribution in [0.5, 0.6) is 0 Å². The van der Waals surface area contributed by atoms with Crippen LogP contribution in [0.2, 0.25) is 0 Å². The standard InChI is InChI=1S/C27H37NO6/c1-15-7-4-8-17(13-15)23(30)20-10-5-9-19-22-16(2)24(33-21(22)11-6-12-28(19)20)26-25(32-3)18(14-29)27(31)34-26/h4,8,11,15-17,19-20,22-23,29-30H,5-7,9-10,12-14H2,1-3H3/b26-24+/t15-,16+,17-,19+,20+,22-,23+/m1/s1. The second-order valence-electron chi connectivity index (χ2n) is 10.5. The average Bonchev–Trinajstić information content (AvgIpc) is 3.25. The molecule has 0 bridgehead atoms.